The molecule has 3 heterocycles. The van der Waals surface area contributed by atoms with E-state index in [0.717, 1.165) is 4.90 Å². The third kappa shape index (κ3) is 3.76. The fraction of sp³-hybridized carbons (Fsp3) is 0.438. The second-order valence-electron chi connectivity index (χ2n) is 6.09. The van der Waals surface area contributed by atoms with Crippen molar-refractivity contribution in [1.82, 2.24) is 14.8 Å². The van der Waals surface area contributed by atoms with Gasteiger partial charge in [0.1, 0.15) is 0 Å². The quantitative estimate of drug-likeness (QED) is 0.502. The van der Waals surface area contributed by atoms with Crippen molar-refractivity contribution >= 4 is 52.5 Å². The molecule has 1 aromatic heterocycles. The number of nitrogens with zero attached hydrogens (tertiary/aromatic N) is 5. The minimum absolute atomic E-state index is 0.0284. The van der Waals surface area contributed by atoms with E-state index in [1.807, 2.05) is 0 Å². The van der Waals surface area contributed by atoms with Crippen molar-refractivity contribution in [2.45, 2.75) is 19.4 Å². The number of urea groups is 1. The number of carbonyl (C=O) groups excluding carboxylic acids is 4. The van der Waals surface area contributed by atoms with E-state index in [0.29, 0.717) is 17.4 Å². The topological polar surface area (TPSA) is 124 Å². The van der Waals surface area contributed by atoms with Gasteiger partial charge in [-0.15, -0.1) is 11.3 Å². The minimum atomic E-state index is -0.825. The van der Waals surface area contributed by atoms with E-state index in [1.165, 1.54) is 41.2 Å². The summed E-state index contributed by atoms with van der Waals surface area (Å²) in [6.07, 6.45) is 1.40. The molecule has 1 atom stereocenters. The molecule has 1 aromatic rings. The standard InChI is InChI=1S/C16H18N6O5S/c1-4-27-11(24)5-9-7-28-15(18-9)19-10(23)6-22-8-17-13-12(22)14(25)21(3)16(26)20(13)2/h7-8,12H,4-6H2,1-3H3/p+1. The summed E-state index contributed by atoms with van der Waals surface area (Å²) in [6, 6.07) is -1.30. The molecule has 148 valence electrons. The number of aliphatic imine (C=N–C) groups is 1. The molecule has 1 saturated heterocycles. The lowest BCUT2D eigenvalue weighted by atomic mass is 10.1. The summed E-state index contributed by atoms with van der Waals surface area (Å²) in [5.41, 5.74) is 0.501. The van der Waals surface area contributed by atoms with E-state index in [9.17, 15) is 19.2 Å². The van der Waals surface area contributed by atoms with Crippen molar-refractivity contribution in [3.8, 4) is 0 Å². The van der Waals surface area contributed by atoms with E-state index >= 15 is 0 Å². The molecule has 1 fully saturated rings. The van der Waals surface area contributed by atoms with Gasteiger partial charge in [0.05, 0.1) is 18.7 Å². The lowest BCUT2D eigenvalue weighted by molar-refractivity contribution is -0.519. The lowest BCUT2D eigenvalue weighted by Crippen LogP contribution is -2.61. The number of esters is 1. The van der Waals surface area contributed by atoms with Crippen LogP contribution in [0.1, 0.15) is 12.6 Å². The van der Waals surface area contributed by atoms with Crippen molar-refractivity contribution in [3.05, 3.63) is 11.1 Å². The predicted molar refractivity (Wildman–Crippen MR) is 99.4 cm³/mol. The number of aromatic nitrogens is 1. The number of hydrogen-bond acceptors (Lipinski definition) is 8. The normalized spacial score (nSPS) is 18.6. The van der Waals surface area contributed by atoms with Gasteiger partial charge in [-0.3, -0.25) is 29.5 Å². The van der Waals surface area contributed by atoms with E-state index in [2.05, 4.69) is 15.3 Å². The lowest BCUT2D eigenvalue weighted by Gasteiger charge is -2.30. The summed E-state index contributed by atoms with van der Waals surface area (Å²) < 4.78 is 6.32. The van der Waals surface area contributed by atoms with E-state index < -0.39 is 23.9 Å². The number of ether oxygens (including phenoxy) is 1. The van der Waals surface area contributed by atoms with Gasteiger partial charge in [-0.05, 0) is 11.9 Å². The fourth-order valence-electron chi connectivity index (χ4n) is 2.80. The van der Waals surface area contributed by atoms with Gasteiger partial charge in [0.2, 0.25) is 0 Å². The van der Waals surface area contributed by atoms with Crippen LogP contribution >= 0.6 is 11.3 Å². The van der Waals surface area contributed by atoms with Crippen molar-refractivity contribution in [2.75, 3.05) is 32.6 Å². The smallest absolute Gasteiger partial charge is 0.333 e. The Balaban J connectivity index is 1.60. The molecule has 0 spiro atoms. The molecule has 4 amide bonds. The molecule has 1 N–H and O–H groups in total. The molecular weight excluding hydrogens is 388 g/mol. The molecule has 2 aliphatic rings. The van der Waals surface area contributed by atoms with Crippen LogP contribution in [0, 0.1) is 0 Å². The van der Waals surface area contributed by atoms with Crippen molar-refractivity contribution in [2.24, 2.45) is 4.99 Å². The highest BCUT2D eigenvalue weighted by Gasteiger charge is 2.50. The second kappa shape index (κ2) is 7.84. The first-order valence-electron chi connectivity index (χ1n) is 8.43. The highest BCUT2D eigenvalue weighted by atomic mass is 32.1. The van der Waals surface area contributed by atoms with Gasteiger partial charge in [0.25, 0.3) is 30.0 Å². The fourth-order valence-corrected chi connectivity index (χ4v) is 3.53. The van der Waals surface area contributed by atoms with Crippen molar-refractivity contribution < 1.29 is 28.5 Å². The Morgan fingerprint density at radius 3 is 2.79 bits per heavy atom. The molecule has 0 aliphatic carbocycles. The van der Waals surface area contributed by atoms with Crippen LogP contribution in [0.2, 0.25) is 0 Å². The third-order valence-corrected chi connectivity index (χ3v) is 4.96. The number of carbonyl (C=O) groups is 4. The summed E-state index contributed by atoms with van der Waals surface area (Å²) in [5, 5.41) is 4.63. The first-order valence-corrected chi connectivity index (χ1v) is 9.31. The summed E-state index contributed by atoms with van der Waals surface area (Å²) in [5.74, 6) is -0.957. The number of nitrogens with one attached hydrogen (secondary N) is 1. The van der Waals surface area contributed by atoms with Gasteiger partial charge in [0.15, 0.2) is 11.7 Å². The Morgan fingerprint density at radius 1 is 1.32 bits per heavy atom. The molecule has 3 rings (SSSR count). The van der Waals surface area contributed by atoms with Crippen molar-refractivity contribution in [3.63, 3.8) is 0 Å². The maximum Gasteiger partial charge on any atom is 0.333 e. The van der Waals surface area contributed by atoms with Crippen LogP contribution in [-0.4, -0.2) is 88.6 Å². The van der Waals surface area contributed by atoms with Crippen LogP contribution in [-0.2, 0) is 25.5 Å². The predicted octanol–water partition coefficient (Wildman–Crippen LogP) is -0.467. The number of thiazole rings is 1. The zero-order chi connectivity index (χ0) is 20.4. The summed E-state index contributed by atoms with van der Waals surface area (Å²) in [4.78, 5) is 58.8. The average Bonchev–Trinajstić information content (AvgIpc) is 3.25. The molecule has 0 aromatic carbocycles. The Kier molecular flexibility index (Phi) is 5.49. The van der Waals surface area contributed by atoms with Crippen LogP contribution in [0.25, 0.3) is 0 Å². The van der Waals surface area contributed by atoms with Crippen LogP contribution in [0.4, 0.5) is 9.93 Å². The number of likely N-dealkylation sites (N-methyl/N-ethyl adjacent to an activating group) is 2. The first-order chi connectivity index (χ1) is 13.3. The minimum Gasteiger partial charge on any atom is -0.466 e. The van der Waals surface area contributed by atoms with Gasteiger partial charge in [-0.2, -0.15) is 0 Å². The van der Waals surface area contributed by atoms with Crippen LogP contribution < -0.4 is 5.32 Å². The Labute approximate surface area is 164 Å². The Hall–Kier alpha value is -3.15. The average molecular weight is 407 g/mol. The maximum atomic E-state index is 12.4. The maximum absolute atomic E-state index is 12.4. The molecule has 0 saturated carbocycles. The van der Waals surface area contributed by atoms with Crippen LogP contribution in [0.15, 0.2) is 10.4 Å². The molecule has 28 heavy (non-hydrogen) atoms. The largest absolute Gasteiger partial charge is 0.466 e. The van der Waals surface area contributed by atoms with Gasteiger partial charge < -0.3 is 4.74 Å². The number of hydrogen-bond donors (Lipinski definition) is 1. The molecule has 12 heteroatoms. The molecular formula is C16H19N6O5S+. The number of amides is 4. The van der Waals surface area contributed by atoms with E-state index in [-0.39, 0.29) is 24.8 Å². The molecule has 11 nitrogen and oxygen atoms in total. The number of anilines is 1. The molecule has 2 aliphatic heterocycles. The third-order valence-electron chi connectivity index (χ3n) is 4.15. The highest BCUT2D eigenvalue weighted by Crippen LogP contribution is 2.18. The summed E-state index contributed by atoms with van der Waals surface area (Å²) in [7, 11) is 2.91. The number of amidine groups is 1. The van der Waals surface area contributed by atoms with Gasteiger partial charge in [-0.25, -0.2) is 14.4 Å². The van der Waals surface area contributed by atoms with Gasteiger partial charge in [-0.1, -0.05) is 0 Å². The second-order valence-corrected chi connectivity index (χ2v) is 6.95. The molecule has 0 bridgehead atoms. The SMILES string of the molecule is CCOC(=O)Cc1csc(NC(=O)C[N+]2=CN=C3C2C(=O)N(C)C(=O)N3C)n1. The first kappa shape index (κ1) is 19.6. The van der Waals surface area contributed by atoms with Gasteiger partial charge >= 0.3 is 12.0 Å². The summed E-state index contributed by atoms with van der Waals surface area (Å²) >= 11 is 1.18. The van der Waals surface area contributed by atoms with Gasteiger partial charge in [0, 0.05) is 19.5 Å². The van der Waals surface area contributed by atoms with E-state index in [1.54, 1.807) is 12.3 Å². The van der Waals surface area contributed by atoms with Crippen LogP contribution in [0.3, 0.4) is 0 Å². The van der Waals surface area contributed by atoms with E-state index in [4.69, 9.17) is 4.74 Å². The Bertz CT molecular complexity index is 907. The Morgan fingerprint density at radius 2 is 2.07 bits per heavy atom. The monoisotopic (exact) mass is 407 g/mol. The number of rotatable bonds is 6. The van der Waals surface area contributed by atoms with Crippen LogP contribution in [0.5, 0.6) is 0 Å². The molecule has 1 unspecified atom stereocenters. The van der Waals surface area contributed by atoms with Crippen molar-refractivity contribution in [1.29, 1.82) is 0 Å². The number of imide groups is 1. The molecule has 0 radical (unpaired) electrons. The highest BCUT2D eigenvalue weighted by molar-refractivity contribution is 7.13. The number of fused-ring (bicyclic) bond motifs is 1. The zero-order valence-electron chi connectivity index (χ0n) is 15.5. The zero-order valence-corrected chi connectivity index (χ0v) is 16.4. The summed E-state index contributed by atoms with van der Waals surface area (Å²) in [6.45, 7) is 1.86.